The Hall–Kier alpha value is -0.870. The molecule has 1 unspecified atom stereocenters. The van der Waals surface area contributed by atoms with Crippen molar-refractivity contribution in [2.75, 3.05) is 13.1 Å². The molecule has 0 aliphatic carbocycles. The van der Waals surface area contributed by atoms with Gasteiger partial charge in [0.05, 0.1) is 5.92 Å². The molecule has 1 atom stereocenters. The molecule has 1 heterocycles. The average molecular weight is 325 g/mol. The first-order valence-corrected chi connectivity index (χ1v) is 7.53. The standard InChI is InChI=1S/C15H21BrN2O/c1-15(2,9-11-4-3-5-13(16)8-11)18-14(19)12-6-7-17-10-12/h3-5,8,12,17H,6-7,9-10H2,1-2H3,(H,18,19). The predicted molar refractivity (Wildman–Crippen MR) is 81.0 cm³/mol. The van der Waals surface area contributed by atoms with Crippen molar-refractivity contribution >= 4 is 21.8 Å². The molecule has 1 amide bonds. The van der Waals surface area contributed by atoms with Crippen LogP contribution in [0.15, 0.2) is 28.7 Å². The zero-order valence-corrected chi connectivity index (χ0v) is 13.1. The van der Waals surface area contributed by atoms with Gasteiger partial charge in [-0.1, -0.05) is 28.1 Å². The summed E-state index contributed by atoms with van der Waals surface area (Å²) < 4.78 is 1.08. The first kappa shape index (κ1) is 14.5. The van der Waals surface area contributed by atoms with Gasteiger partial charge < -0.3 is 10.6 Å². The molecule has 0 spiro atoms. The number of benzene rings is 1. The van der Waals surface area contributed by atoms with E-state index >= 15 is 0 Å². The van der Waals surface area contributed by atoms with E-state index in [9.17, 15) is 4.79 Å². The predicted octanol–water partition coefficient (Wildman–Crippen LogP) is 2.50. The number of hydrogen-bond acceptors (Lipinski definition) is 2. The Morgan fingerprint density at radius 1 is 1.53 bits per heavy atom. The van der Waals surface area contributed by atoms with Gasteiger partial charge in [-0.05, 0) is 50.9 Å². The van der Waals surface area contributed by atoms with Crippen molar-refractivity contribution in [1.29, 1.82) is 0 Å². The molecule has 0 saturated carbocycles. The third-order valence-corrected chi connectivity index (χ3v) is 3.92. The molecule has 2 rings (SSSR count). The first-order chi connectivity index (χ1) is 8.96. The van der Waals surface area contributed by atoms with Crippen LogP contribution in [0.1, 0.15) is 25.8 Å². The van der Waals surface area contributed by atoms with Gasteiger partial charge in [-0.25, -0.2) is 0 Å². The Labute approximate surface area is 123 Å². The van der Waals surface area contributed by atoms with Crippen LogP contribution in [-0.4, -0.2) is 24.5 Å². The maximum atomic E-state index is 12.2. The highest BCUT2D eigenvalue weighted by molar-refractivity contribution is 9.10. The molecule has 104 valence electrons. The highest BCUT2D eigenvalue weighted by Crippen LogP contribution is 2.18. The maximum Gasteiger partial charge on any atom is 0.224 e. The summed E-state index contributed by atoms with van der Waals surface area (Å²) in [5.41, 5.74) is 1.00. The highest BCUT2D eigenvalue weighted by atomic mass is 79.9. The van der Waals surface area contributed by atoms with Crippen molar-refractivity contribution in [1.82, 2.24) is 10.6 Å². The van der Waals surface area contributed by atoms with Gasteiger partial charge >= 0.3 is 0 Å². The van der Waals surface area contributed by atoms with Gasteiger partial charge in [-0.3, -0.25) is 4.79 Å². The van der Waals surface area contributed by atoms with Crippen molar-refractivity contribution in [3.8, 4) is 0 Å². The normalized spacial score (nSPS) is 19.4. The van der Waals surface area contributed by atoms with Crippen molar-refractivity contribution in [3.63, 3.8) is 0 Å². The zero-order valence-electron chi connectivity index (χ0n) is 11.5. The van der Waals surface area contributed by atoms with Crippen LogP contribution in [0, 0.1) is 5.92 Å². The number of rotatable bonds is 4. The van der Waals surface area contributed by atoms with Gasteiger partial charge in [0.25, 0.3) is 0 Å². The lowest BCUT2D eigenvalue weighted by molar-refractivity contribution is -0.126. The summed E-state index contributed by atoms with van der Waals surface area (Å²) in [7, 11) is 0. The second kappa shape index (κ2) is 6.06. The summed E-state index contributed by atoms with van der Waals surface area (Å²) in [5.74, 6) is 0.298. The van der Waals surface area contributed by atoms with Gasteiger partial charge in [-0.2, -0.15) is 0 Å². The van der Waals surface area contributed by atoms with Crippen LogP contribution in [-0.2, 0) is 11.2 Å². The van der Waals surface area contributed by atoms with E-state index in [1.165, 1.54) is 5.56 Å². The van der Waals surface area contributed by atoms with Crippen molar-refractivity contribution in [2.24, 2.45) is 5.92 Å². The molecule has 0 aromatic heterocycles. The molecule has 19 heavy (non-hydrogen) atoms. The number of amides is 1. The number of hydrogen-bond donors (Lipinski definition) is 2. The summed E-state index contributed by atoms with van der Waals surface area (Å²) in [6.07, 6.45) is 1.77. The Balaban J connectivity index is 1.95. The van der Waals surface area contributed by atoms with E-state index in [-0.39, 0.29) is 17.4 Å². The largest absolute Gasteiger partial charge is 0.351 e. The molecule has 4 heteroatoms. The number of carbonyl (C=O) groups is 1. The summed E-state index contributed by atoms with van der Waals surface area (Å²) >= 11 is 3.48. The third-order valence-electron chi connectivity index (χ3n) is 3.43. The summed E-state index contributed by atoms with van der Waals surface area (Å²) in [5, 5.41) is 6.40. The lowest BCUT2D eigenvalue weighted by atomic mass is 9.94. The smallest absolute Gasteiger partial charge is 0.224 e. The van der Waals surface area contributed by atoms with E-state index in [2.05, 4.69) is 52.5 Å². The van der Waals surface area contributed by atoms with E-state index in [0.29, 0.717) is 0 Å². The molecule has 0 bridgehead atoms. The summed E-state index contributed by atoms with van der Waals surface area (Å²) in [6, 6.07) is 8.23. The van der Waals surface area contributed by atoms with Crippen LogP contribution in [0.2, 0.25) is 0 Å². The van der Waals surface area contributed by atoms with Crippen molar-refractivity contribution in [2.45, 2.75) is 32.2 Å². The Bertz CT molecular complexity index is 453. The molecule has 1 saturated heterocycles. The molecule has 1 aromatic rings. The van der Waals surface area contributed by atoms with E-state index < -0.39 is 0 Å². The van der Waals surface area contributed by atoms with Crippen LogP contribution in [0.25, 0.3) is 0 Å². The lowest BCUT2D eigenvalue weighted by Gasteiger charge is -2.28. The molecular formula is C15H21BrN2O. The fourth-order valence-corrected chi connectivity index (χ4v) is 2.96. The number of carbonyl (C=O) groups excluding carboxylic acids is 1. The fraction of sp³-hybridized carbons (Fsp3) is 0.533. The quantitative estimate of drug-likeness (QED) is 0.893. The highest BCUT2D eigenvalue weighted by Gasteiger charge is 2.27. The molecule has 0 radical (unpaired) electrons. The van der Waals surface area contributed by atoms with E-state index in [1.54, 1.807) is 0 Å². The van der Waals surface area contributed by atoms with Gasteiger partial charge in [0.15, 0.2) is 0 Å². The molecular weight excluding hydrogens is 304 g/mol. The first-order valence-electron chi connectivity index (χ1n) is 6.73. The van der Waals surface area contributed by atoms with E-state index in [0.717, 1.165) is 30.4 Å². The van der Waals surface area contributed by atoms with E-state index in [4.69, 9.17) is 0 Å². The van der Waals surface area contributed by atoms with Crippen molar-refractivity contribution < 1.29 is 4.79 Å². The van der Waals surface area contributed by atoms with Gasteiger partial charge in [0.2, 0.25) is 5.91 Å². The van der Waals surface area contributed by atoms with Gasteiger partial charge in [0.1, 0.15) is 0 Å². The van der Waals surface area contributed by atoms with Crippen LogP contribution in [0.4, 0.5) is 0 Å². The fourth-order valence-electron chi connectivity index (χ4n) is 2.52. The minimum Gasteiger partial charge on any atom is -0.351 e. The number of nitrogens with one attached hydrogen (secondary N) is 2. The topological polar surface area (TPSA) is 41.1 Å². The van der Waals surface area contributed by atoms with Crippen LogP contribution in [0.5, 0.6) is 0 Å². The molecule has 1 aliphatic heterocycles. The maximum absolute atomic E-state index is 12.2. The Morgan fingerprint density at radius 2 is 2.32 bits per heavy atom. The monoisotopic (exact) mass is 324 g/mol. The zero-order chi connectivity index (χ0) is 13.9. The van der Waals surface area contributed by atoms with Gasteiger partial charge in [-0.15, -0.1) is 0 Å². The SMILES string of the molecule is CC(C)(Cc1cccc(Br)c1)NC(=O)C1CCNC1. The Kier molecular flexibility index (Phi) is 4.63. The van der Waals surface area contributed by atoms with Crippen LogP contribution < -0.4 is 10.6 Å². The minimum absolute atomic E-state index is 0.127. The molecule has 1 fully saturated rings. The van der Waals surface area contributed by atoms with Gasteiger partial charge in [0, 0.05) is 16.6 Å². The minimum atomic E-state index is -0.222. The molecule has 1 aliphatic rings. The average Bonchev–Trinajstić information content (AvgIpc) is 2.80. The molecule has 3 nitrogen and oxygen atoms in total. The van der Waals surface area contributed by atoms with Crippen LogP contribution in [0.3, 0.4) is 0 Å². The Morgan fingerprint density at radius 3 is 2.95 bits per heavy atom. The third kappa shape index (κ3) is 4.32. The van der Waals surface area contributed by atoms with Crippen molar-refractivity contribution in [3.05, 3.63) is 34.3 Å². The number of halogens is 1. The summed E-state index contributed by atoms with van der Waals surface area (Å²) in [6.45, 7) is 5.91. The molecule has 1 aromatic carbocycles. The molecule has 2 N–H and O–H groups in total. The second-order valence-electron chi connectivity index (χ2n) is 5.87. The summed E-state index contributed by atoms with van der Waals surface area (Å²) in [4.78, 5) is 12.2. The van der Waals surface area contributed by atoms with E-state index in [1.807, 2.05) is 12.1 Å². The van der Waals surface area contributed by atoms with Crippen LogP contribution >= 0.6 is 15.9 Å². The second-order valence-corrected chi connectivity index (χ2v) is 6.79. The lowest BCUT2D eigenvalue weighted by Crippen LogP contribution is -2.48.